The van der Waals surface area contributed by atoms with Gasteiger partial charge in [-0.25, -0.2) is 0 Å². The average Bonchev–Trinajstić information content (AvgIpc) is 2.95. The van der Waals surface area contributed by atoms with Crippen LogP contribution in [0.4, 0.5) is 0 Å². The highest BCUT2D eigenvalue weighted by Crippen LogP contribution is 2.21. The molecule has 8 heteroatoms. The number of nitrogens with one attached hydrogen (secondary N) is 1. The van der Waals surface area contributed by atoms with Gasteiger partial charge in [0, 0.05) is 12.4 Å². The molecule has 0 aliphatic carbocycles. The van der Waals surface area contributed by atoms with E-state index in [0.717, 1.165) is 21.6 Å². The third kappa shape index (κ3) is 2.02. The fourth-order valence-corrected chi connectivity index (χ4v) is 2.81. The molecule has 6 nitrogen and oxygen atoms in total. The molecule has 0 atom stereocenters. The summed E-state index contributed by atoms with van der Waals surface area (Å²) in [6.45, 7) is 1.88. The quantitative estimate of drug-likeness (QED) is 0.382. The molecule has 3 rings (SSSR count). The Kier molecular flexibility index (Phi) is 3.21. The Morgan fingerprint density at radius 1 is 1.42 bits per heavy atom. The van der Waals surface area contributed by atoms with Gasteiger partial charge in [-0.15, -0.1) is 10.2 Å². The van der Waals surface area contributed by atoms with Gasteiger partial charge >= 0.3 is 0 Å². The molecule has 0 saturated carbocycles. The Morgan fingerprint density at radius 3 is 2.95 bits per heavy atom. The lowest BCUT2D eigenvalue weighted by Gasteiger charge is -2.01. The van der Waals surface area contributed by atoms with Crippen molar-refractivity contribution >= 4 is 55.6 Å². The van der Waals surface area contributed by atoms with Gasteiger partial charge in [-0.1, -0.05) is 22.6 Å². The lowest BCUT2D eigenvalue weighted by molar-refractivity contribution is 0.0962. The van der Waals surface area contributed by atoms with Crippen LogP contribution in [0.15, 0.2) is 23.1 Å². The second kappa shape index (κ2) is 4.75. The van der Waals surface area contributed by atoms with Crippen LogP contribution in [0, 0.1) is 6.92 Å². The zero-order chi connectivity index (χ0) is 13.6. The number of carbonyl (C=O) groups excluding carboxylic acids is 1. The topological polar surface area (TPSA) is 63.7 Å². The Hall–Kier alpha value is -1.16. The first-order chi connectivity index (χ1) is 9.11. The molecule has 0 aliphatic heterocycles. The SMILES string of the molecule is Cc1nnc2c3cc(C(=O)NCI)cn3c(Br)cn12. The Morgan fingerprint density at radius 2 is 2.21 bits per heavy atom. The molecule has 0 unspecified atom stereocenters. The minimum atomic E-state index is -0.0978. The van der Waals surface area contributed by atoms with Crippen LogP contribution >= 0.6 is 38.5 Å². The van der Waals surface area contributed by atoms with E-state index in [2.05, 4.69) is 54.0 Å². The molecule has 1 N–H and O–H groups in total. The molecule has 3 aromatic rings. The molecule has 0 fully saturated rings. The van der Waals surface area contributed by atoms with E-state index in [1.54, 1.807) is 6.20 Å². The molecule has 3 heterocycles. The Balaban J connectivity index is 2.29. The highest BCUT2D eigenvalue weighted by Gasteiger charge is 2.14. The van der Waals surface area contributed by atoms with Crippen LogP contribution in [0.25, 0.3) is 11.2 Å². The first kappa shape index (κ1) is 12.9. The first-order valence-corrected chi connectivity index (χ1v) is 7.80. The number of alkyl halides is 1. The summed E-state index contributed by atoms with van der Waals surface area (Å²) in [5.74, 6) is 0.706. The van der Waals surface area contributed by atoms with Gasteiger partial charge in [-0.05, 0) is 28.9 Å². The fraction of sp³-hybridized carbons (Fsp3) is 0.182. The second-order valence-electron chi connectivity index (χ2n) is 4.02. The smallest absolute Gasteiger partial charge is 0.253 e. The van der Waals surface area contributed by atoms with Gasteiger partial charge in [0.2, 0.25) is 0 Å². The van der Waals surface area contributed by atoms with Crippen molar-refractivity contribution in [3.05, 3.63) is 34.5 Å². The minimum Gasteiger partial charge on any atom is -0.343 e. The van der Waals surface area contributed by atoms with E-state index in [-0.39, 0.29) is 5.91 Å². The van der Waals surface area contributed by atoms with E-state index in [4.69, 9.17) is 0 Å². The molecule has 0 aliphatic rings. The maximum absolute atomic E-state index is 11.9. The zero-order valence-corrected chi connectivity index (χ0v) is 13.6. The van der Waals surface area contributed by atoms with Crippen LogP contribution in [-0.4, -0.2) is 29.5 Å². The van der Waals surface area contributed by atoms with Crippen LogP contribution < -0.4 is 5.32 Å². The number of carbonyl (C=O) groups is 1. The summed E-state index contributed by atoms with van der Waals surface area (Å²) in [7, 11) is 0. The van der Waals surface area contributed by atoms with Crippen LogP contribution in [0.3, 0.4) is 0 Å². The Labute approximate surface area is 130 Å². The highest BCUT2D eigenvalue weighted by molar-refractivity contribution is 14.1. The van der Waals surface area contributed by atoms with Gasteiger partial charge < -0.3 is 9.72 Å². The lowest BCUT2D eigenvalue weighted by atomic mass is 10.3. The Bertz CT molecular complexity index is 793. The maximum Gasteiger partial charge on any atom is 0.253 e. The molecule has 0 saturated heterocycles. The molecule has 98 valence electrons. The van der Waals surface area contributed by atoms with Crippen molar-refractivity contribution in [3.63, 3.8) is 0 Å². The molecule has 0 spiro atoms. The second-order valence-corrected chi connectivity index (χ2v) is 5.59. The summed E-state index contributed by atoms with van der Waals surface area (Å²) < 4.78 is 5.18. The van der Waals surface area contributed by atoms with Gasteiger partial charge in [-0.2, -0.15) is 0 Å². The lowest BCUT2D eigenvalue weighted by Crippen LogP contribution is -2.20. The van der Waals surface area contributed by atoms with Gasteiger partial charge in [0.05, 0.1) is 15.6 Å². The van der Waals surface area contributed by atoms with Crippen LogP contribution in [-0.2, 0) is 0 Å². The van der Waals surface area contributed by atoms with Crippen molar-refractivity contribution in [3.8, 4) is 0 Å². The number of aromatic nitrogens is 4. The zero-order valence-electron chi connectivity index (χ0n) is 9.89. The molecule has 1 amide bonds. The van der Waals surface area contributed by atoms with Gasteiger partial charge in [0.1, 0.15) is 10.4 Å². The molecule has 0 radical (unpaired) electrons. The van der Waals surface area contributed by atoms with Crippen LogP contribution in [0.5, 0.6) is 0 Å². The summed E-state index contributed by atoms with van der Waals surface area (Å²) in [5, 5.41) is 11.0. The average molecular weight is 434 g/mol. The van der Waals surface area contributed by atoms with Crippen molar-refractivity contribution < 1.29 is 4.79 Å². The monoisotopic (exact) mass is 433 g/mol. The van der Waals surface area contributed by atoms with Gasteiger partial charge in [0.25, 0.3) is 5.91 Å². The van der Waals surface area contributed by atoms with Gasteiger partial charge in [0.15, 0.2) is 5.65 Å². The van der Waals surface area contributed by atoms with Crippen molar-refractivity contribution in [2.24, 2.45) is 0 Å². The number of amides is 1. The molecule has 3 aromatic heterocycles. The third-order valence-electron chi connectivity index (χ3n) is 2.87. The standard InChI is InChI=1S/C11H9BrIN5O/c1-6-15-16-10-8-2-7(11(19)14-5-13)3-18(8)9(12)4-17(6)10/h2-4H,5H2,1H3,(H,14,19). The van der Waals surface area contributed by atoms with Crippen molar-refractivity contribution in [2.75, 3.05) is 4.55 Å². The predicted molar refractivity (Wildman–Crippen MR) is 82.7 cm³/mol. The normalized spacial score (nSPS) is 11.3. The van der Waals surface area contributed by atoms with E-state index in [9.17, 15) is 4.79 Å². The summed E-state index contributed by atoms with van der Waals surface area (Å²) >= 11 is 5.59. The number of nitrogens with zero attached hydrogens (tertiary/aromatic N) is 4. The molecular weight excluding hydrogens is 425 g/mol. The summed E-state index contributed by atoms with van der Waals surface area (Å²) in [5.41, 5.74) is 2.17. The van der Waals surface area contributed by atoms with E-state index in [1.807, 2.05) is 28.0 Å². The van der Waals surface area contributed by atoms with Crippen molar-refractivity contribution in [1.82, 2.24) is 24.3 Å². The summed E-state index contributed by atoms with van der Waals surface area (Å²) in [6, 6.07) is 1.82. The largest absolute Gasteiger partial charge is 0.343 e. The third-order valence-corrected chi connectivity index (χ3v) is 3.84. The summed E-state index contributed by atoms with van der Waals surface area (Å²) in [4.78, 5) is 11.9. The number of rotatable bonds is 2. The summed E-state index contributed by atoms with van der Waals surface area (Å²) in [6.07, 6.45) is 3.67. The number of aryl methyl sites for hydroxylation is 1. The van der Waals surface area contributed by atoms with E-state index in [1.165, 1.54) is 0 Å². The highest BCUT2D eigenvalue weighted by atomic mass is 127. The van der Waals surface area contributed by atoms with E-state index < -0.39 is 0 Å². The fourth-order valence-electron chi connectivity index (χ4n) is 1.97. The molecule has 19 heavy (non-hydrogen) atoms. The van der Waals surface area contributed by atoms with Gasteiger partial charge in [-0.3, -0.25) is 9.20 Å². The van der Waals surface area contributed by atoms with Crippen molar-refractivity contribution in [2.45, 2.75) is 6.92 Å². The maximum atomic E-state index is 11.9. The molecular formula is C11H9BrIN5O. The number of fused-ring (bicyclic) bond motifs is 3. The van der Waals surface area contributed by atoms with Crippen LogP contribution in [0.1, 0.15) is 16.2 Å². The molecule has 0 aromatic carbocycles. The number of halogens is 2. The first-order valence-electron chi connectivity index (χ1n) is 5.48. The van der Waals surface area contributed by atoms with Crippen molar-refractivity contribution in [1.29, 1.82) is 0 Å². The minimum absolute atomic E-state index is 0.0978. The predicted octanol–water partition coefficient (Wildman–Crippen LogP) is 2.18. The number of hydrogen-bond donors (Lipinski definition) is 1. The van der Waals surface area contributed by atoms with Crippen LogP contribution in [0.2, 0.25) is 0 Å². The van der Waals surface area contributed by atoms with E-state index in [0.29, 0.717) is 10.1 Å². The molecule has 0 bridgehead atoms. The van der Waals surface area contributed by atoms with E-state index >= 15 is 0 Å². The number of hydrogen-bond acceptors (Lipinski definition) is 3.